The monoisotopic (exact) mass is 467 g/mol. The van der Waals surface area contributed by atoms with Gasteiger partial charge in [0.2, 0.25) is 5.91 Å². The summed E-state index contributed by atoms with van der Waals surface area (Å²) < 4.78 is 6.60. The molecule has 1 unspecified atom stereocenters. The van der Waals surface area contributed by atoms with Crippen LogP contribution in [0.5, 0.6) is 0 Å². The number of hydrogen-bond donors (Lipinski definition) is 1. The number of rotatable bonds is 6. The highest BCUT2D eigenvalue weighted by molar-refractivity contribution is 5.94. The van der Waals surface area contributed by atoms with Crippen LogP contribution in [-0.2, 0) is 14.3 Å². The number of carbonyl (C=O) groups excluding carboxylic acids is 2. The smallest absolute Gasteiger partial charge is 0.336 e. The van der Waals surface area contributed by atoms with E-state index in [2.05, 4.69) is 25.4 Å². The minimum absolute atomic E-state index is 0.0295. The maximum Gasteiger partial charge on any atom is 0.336 e. The van der Waals surface area contributed by atoms with Gasteiger partial charge in [0.15, 0.2) is 5.82 Å². The van der Waals surface area contributed by atoms with Crippen LogP contribution >= 0.6 is 0 Å². The summed E-state index contributed by atoms with van der Waals surface area (Å²) in [6, 6.07) is 3.82. The summed E-state index contributed by atoms with van der Waals surface area (Å²) in [7, 11) is 2.03. The van der Waals surface area contributed by atoms with Crippen LogP contribution in [0.2, 0.25) is 0 Å². The second-order valence-electron chi connectivity index (χ2n) is 9.43. The Labute approximate surface area is 197 Å². The van der Waals surface area contributed by atoms with Crippen LogP contribution in [0.1, 0.15) is 50.6 Å². The van der Waals surface area contributed by atoms with Gasteiger partial charge < -0.3 is 14.7 Å². The third kappa shape index (κ3) is 3.78. The van der Waals surface area contributed by atoms with Gasteiger partial charge in [-0.25, -0.2) is 9.78 Å². The second-order valence-corrected chi connectivity index (χ2v) is 9.43. The van der Waals surface area contributed by atoms with Gasteiger partial charge >= 0.3 is 5.97 Å². The van der Waals surface area contributed by atoms with E-state index in [0.29, 0.717) is 17.9 Å². The third-order valence-electron chi connectivity index (χ3n) is 7.81. The molecule has 180 valence electrons. The largest absolute Gasteiger partial charge is 0.456 e. The first-order valence-electron chi connectivity index (χ1n) is 11.6. The molecule has 1 amide bonds. The zero-order valence-electron chi connectivity index (χ0n) is 19.4. The Bertz CT molecular complexity index is 1090. The van der Waals surface area contributed by atoms with Crippen molar-refractivity contribution in [1.82, 2.24) is 35.0 Å². The number of aliphatic hydroxyl groups excluding tert-OH is 1. The van der Waals surface area contributed by atoms with Crippen LogP contribution < -0.4 is 0 Å². The first kappa shape index (κ1) is 22.6. The minimum atomic E-state index is -0.361. The van der Waals surface area contributed by atoms with Crippen molar-refractivity contribution in [2.24, 2.45) is 5.41 Å². The van der Waals surface area contributed by atoms with Gasteiger partial charge in [0.25, 0.3) is 0 Å². The number of pyridine rings is 1. The number of cyclic esters (lactones) is 1. The quantitative estimate of drug-likeness (QED) is 0.619. The van der Waals surface area contributed by atoms with Crippen molar-refractivity contribution >= 4 is 11.9 Å². The fourth-order valence-electron chi connectivity index (χ4n) is 5.57. The molecule has 11 heteroatoms. The van der Waals surface area contributed by atoms with Crippen molar-refractivity contribution in [1.29, 1.82) is 0 Å². The maximum atomic E-state index is 13.4. The van der Waals surface area contributed by atoms with Crippen molar-refractivity contribution in [3.63, 3.8) is 0 Å². The van der Waals surface area contributed by atoms with Crippen LogP contribution in [0, 0.1) is 5.41 Å². The van der Waals surface area contributed by atoms with E-state index in [1.807, 2.05) is 19.2 Å². The standard InChI is InChI=1S/C23H29N7O4/c1-15-19(13-34-21(15)32)29-10-9-23(22(29)33)7-5-17(6-8-23)28(2)18(12-31)16-3-4-20(24-11-16)30-14-25-26-27-30/h3-4,11,14,17-18,31H,5-10,12-13H2,1-2H3/t17-,18?,23+. The third-order valence-corrected chi connectivity index (χ3v) is 7.81. The number of nitrogens with zero attached hydrogens (tertiary/aromatic N) is 7. The molecule has 2 aromatic rings. The highest BCUT2D eigenvalue weighted by Gasteiger charge is 2.50. The van der Waals surface area contributed by atoms with Gasteiger partial charge in [-0.2, -0.15) is 4.68 Å². The molecular formula is C23H29N7O4. The number of carbonyl (C=O) groups is 2. The fourth-order valence-corrected chi connectivity index (χ4v) is 5.57. The normalized spacial score (nSPS) is 26.1. The first-order chi connectivity index (χ1) is 16.4. The van der Waals surface area contributed by atoms with Gasteiger partial charge in [-0.15, -0.1) is 5.10 Å². The van der Waals surface area contributed by atoms with E-state index in [-0.39, 0.29) is 42.6 Å². The van der Waals surface area contributed by atoms with Crippen molar-refractivity contribution < 1.29 is 19.4 Å². The van der Waals surface area contributed by atoms with E-state index in [1.54, 1.807) is 18.0 Å². The summed E-state index contributed by atoms with van der Waals surface area (Å²) >= 11 is 0. The predicted octanol–water partition coefficient (Wildman–Crippen LogP) is 1.01. The van der Waals surface area contributed by atoms with Crippen molar-refractivity contribution in [2.45, 2.75) is 51.1 Å². The van der Waals surface area contributed by atoms with Crippen molar-refractivity contribution in [3.05, 3.63) is 41.5 Å². The number of tetrazole rings is 1. The highest BCUT2D eigenvalue weighted by Crippen LogP contribution is 2.47. The lowest BCUT2D eigenvalue weighted by atomic mass is 9.71. The summed E-state index contributed by atoms with van der Waals surface area (Å²) in [5, 5.41) is 21.3. The highest BCUT2D eigenvalue weighted by atomic mass is 16.5. The van der Waals surface area contributed by atoms with Crippen LogP contribution in [0.4, 0.5) is 0 Å². The van der Waals surface area contributed by atoms with Gasteiger partial charge in [0, 0.05) is 18.8 Å². The van der Waals surface area contributed by atoms with Gasteiger partial charge in [-0.3, -0.25) is 9.69 Å². The topological polar surface area (TPSA) is 127 Å². The molecule has 1 atom stereocenters. The van der Waals surface area contributed by atoms with E-state index in [1.165, 1.54) is 11.0 Å². The number of likely N-dealkylation sites (N-methyl/N-ethyl adjacent to an activating group) is 1. The molecule has 1 aliphatic carbocycles. The number of esters is 1. The average Bonchev–Trinajstić information content (AvgIpc) is 3.58. The lowest BCUT2D eigenvalue weighted by Gasteiger charge is -2.42. The van der Waals surface area contributed by atoms with Gasteiger partial charge in [-0.1, -0.05) is 6.07 Å². The minimum Gasteiger partial charge on any atom is -0.456 e. The molecule has 0 bridgehead atoms. The molecule has 1 saturated heterocycles. The average molecular weight is 468 g/mol. The Kier molecular flexibility index (Phi) is 5.90. The molecule has 2 fully saturated rings. The molecule has 0 radical (unpaired) electrons. The number of amides is 1. The Balaban J connectivity index is 1.24. The number of hydrogen-bond acceptors (Lipinski definition) is 9. The van der Waals surface area contributed by atoms with E-state index in [4.69, 9.17) is 4.74 Å². The Hall–Kier alpha value is -3.18. The lowest BCUT2D eigenvalue weighted by molar-refractivity contribution is -0.138. The van der Waals surface area contributed by atoms with Gasteiger partial charge in [0.05, 0.1) is 29.3 Å². The molecule has 34 heavy (non-hydrogen) atoms. The molecular weight excluding hydrogens is 438 g/mol. The Morgan fingerprint density at radius 3 is 2.65 bits per heavy atom. The molecule has 1 N–H and O–H groups in total. The summed E-state index contributed by atoms with van der Waals surface area (Å²) in [6.07, 6.45) is 7.38. The molecule has 5 rings (SSSR count). The van der Waals surface area contributed by atoms with Crippen LogP contribution in [0.25, 0.3) is 5.82 Å². The number of aromatic nitrogens is 5. The van der Waals surface area contributed by atoms with Crippen LogP contribution in [0.3, 0.4) is 0 Å². The summed E-state index contributed by atoms with van der Waals surface area (Å²) in [4.78, 5) is 33.6. The first-order valence-corrected chi connectivity index (χ1v) is 11.6. The Morgan fingerprint density at radius 1 is 1.26 bits per heavy atom. The molecule has 4 heterocycles. The molecule has 1 saturated carbocycles. The Morgan fingerprint density at radius 2 is 2.06 bits per heavy atom. The summed E-state index contributed by atoms with van der Waals surface area (Å²) in [5.74, 6) is 0.406. The van der Waals surface area contributed by atoms with Gasteiger partial charge in [-0.05, 0) is 68.1 Å². The van der Waals surface area contributed by atoms with Gasteiger partial charge in [0.1, 0.15) is 12.9 Å². The molecule has 3 aliphatic rings. The molecule has 0 aromatic carbocycles. The van der Waals surface area contributed by atoms with Crippen LogP contribution in [-0.4, -0.2) is 84.8 Å². The summed E-state index contributed by atoms with van der Waals surface area (Å²) in [6.45, 7) is 2.53. The second kappa shape index (κ2) is 8.88. The van der Waals surface area contributed by atoms with Crippen molar-refractivity contribution in [3.8, 4) is 5.82 Å². The van der Waals surface area contributed by atoms with E-state index < -0.39 is 0 Å². The zero-order valence-corrected chi connectivity index (χ0v) is 19.4. The zero-order chi connectivity index (χ0) is 23.9. The maximum absolute atomic E-state index is 13.4. The summed E-state index contributed by atoms with van der Waals surface area (Å²) in [5.41, 5.74) is 1.83. The van der Waals surface area contributed by atoms with Crippen molar-refractivity contribution in [2.75, 3.05) is 26.8 Å². The lowest BCUT2D eigenvalue weighted by Crippen LogP contribution is -2.44. The number of likely N-dealkylation sites (tertiary alicyclic amines) is 1. The number of aliphatic hydroxyl groups is 1. The molecule has 1 spiro atoms. The molecule has 2 aromatic heterocycles. The van der Waals surface area contributed by atoms with Crippen LogP contribution in [0.15, 0.2) is 35.9 Å². The molecule has 11 nitrogen and oxygen atoms in total. The fraction of sp³-hybridized carbons (Fsp3) is 0.565. The molecule has 2 aliphatic heterocycles. The van der Waals surface area contributed by atoms with E-state index in [0.717, 1.165) is 43.4 Å². The van der Waals surface area contributed by atoms with E-state index >= 15 is 0 Å². The predicted molar refractivity (Wildman–Crippen MR) is 119 cm³/mol. The number of ether oxygens (including phenoxy) is 1. The SMILES string of the molecule is CC1=C(N2CC[C@]3(CC[C@H](N(C)C(CO)c4ccc(-n5cnnn5)nc4)CC3)C2=O)COC1=O. The van der Waals surface area contributed by atoms with E-state index in [9.17, 15) is 14.7 Å².